The molecule has 1 aromatic carbocycles. The fourth-order valence-corrected chi connectivity index (χ4v) is 6.15. The molecule has 8 nitrogen and oxygen atoms in total. The highest BCUT2D eigenvalue weighted by Gasteiger charge is 2.42. The second-order valence-corrected chi connectivity index (χ2v) is 12.2. The third-order valence-electron chi connectivity index (χ3n) is 9.02. The summed E-state index contributed by atoms with van der Waals surface area (Å²) in [5.41, 5.74) is 2.50. The van der Waals surface area contributed by atoms with E-state index in [-0.39, 0.29) is 35.3 Å². The molecule has 2 saturated carbocycles. The van der Waals surface area contributed by atoms with E-state index in [1.165, 1.54) is 19.3 Å². The van der Waals surface area contributed by atoms with Crippen LogP contribution in [0.2, 0.25) is 0 Å². The monoisotopic (exact) mass is 510 g/mol. The Morgan fingerprint density at radius 2 is 1.86 bits per heavy atom. The summed E-state index contributed by atoms with van der Waals surface area (Å²) in [6.45, 7) is 5.46. The summed E-state index contributed by atoms with van der Waals surface area (Å²) in [6.07, 6.45) is 10.1. The van der Waals surface area contributed by atoms with Gasteiger partial charge in [-0.05, 0) is 76.8 Å². The van der Waals surface area contributed by atoms with Gasteiger partial charge in [-0.1, -0.05) is 18.9 Å². The van der Waals surface area contributed by atoms with Crippen molar-refractivity contribution in [3.63, 3.8) is 0 Å². The van der Waals surface area contributed by atoms with E-state index in [0.717, 1.165) is 55.8 Å². The zero-order valence-electron chi connectivity index (χ0n) is 22.5. The Kier molecular flexibility index (Phi) is 7.33. The molecule has 0 bridgehead atoms. The van der Waals surface area contributed by atoms with Gasteiger partial charge in [0.2, 0.25) is 11.8 Å². The molecule has 37 heavy (non-hydrogen) atoms. The molecule has 1 unspecified atom stereocenters. The molecule has 202 valence electrons. The van der Waals surface area contributed by atoms with Crippen LogP contribution in [0.3, 0.4) is 0 Å². The maximum absolute atomic E-state index is 13.3. The zero-order chi connectivity index (χ0) is 26.2. The van der Waals surface area contributed by atoms with Crippen LogP contribution in [0.15, 0.2) is 18.2 Å². The third kappa shape index (κ3) is 5.85. The average Bonchev–Trinajstić information content (AvgIpc) is 3.65. The molecule has 2 heterocycles. The van der Waals surface area contributed by atoms with Gasteiger partial charge in [-0.3, -0.25) is 19.7 Å². The van der Waals surface area contributed by atoms with Crippen LogP contribution in [0.5, 0.6) is 0 Å². The summed E-state index contributed by atoms with van der Waals surface area (Å²) in [6, 6.07) is 5.79. The van der Waals surface area contributed by atoms with Crippen LogP contribution in [0.4, 0.5) is 5.69 Å². The standard InChI is InChI=1S/C29H42N4O4/c1-28(2,37-3)18-30-20-12-15-29(16-13-20,14-11-19-7-8-19)32-23-6-4-5-21-22(23)17-33(27(21)36)24-9-10-25(34)31-26(24)35/h4-6,19-20,24,30,32H,7-18H2,1-3H3,(H,31,34,35). The number of methoxy groups -OCH3 is 1. The van der Waals surface area contributed by atoms with E-state index in [4.69, 9.17) is 4.74 Å². The molecule has 0 spiro atoms. The number of nitrogens with zero attached hydrogens (tertiary/aromatic N) is 1. The number of anilines is 1. The van der Waals surface area contributed by atoms with E-state index in [9.17, 15) is 14.4 Å². The van der Waals surface area contributed by atoms with Crippen molar-refractivity contribution in [3.05, 3.63) is 29.3 Å². The van der Waals surface area contributed by atoms with Crippen molar-refractivity contribution in [2.24, 2.45) is 5.92 Å². The van der Waals surface area contributed by atoms with E-state index in [1.807, 2.05) is 12.1 Å². The quantitative estimate of drug-likeness (QED) is 0.415. The number of amides is 3. The largest absolute Gasteiger partial charge is 0.379 e. The first-order valence-corrected chi connectivity index (χ1v) is 14.0. The third-order valence-corrected chi connectivity index (χ3v) is 9.02. The van der Waals surface area contributed by atoms with Crippen LogP contribution in [0, 0.1) is 5.92 Å². The SMILES string of the molecule is COC(C)(C)CNC1CCC(CCC2CC2)(Nc2cccc3c2CN(C2CCC(=O)NC2=O)C3=O)CC1. The second-order valence-electron chi connectivity index (χ2n) is 12.2. The molecule has 0 radical (unpaired) electrons. The molecule has 2 aliphatic carbocycles. The van der Waals surface area contributed by atoms with Gasteiger partial charge in [0.1, 0.15) is 6.04 Å². The number of nitrogens with one attached hydrogen (secondary N) is 3. The van der Waals surface area contributed by atoms with E-state index < -0.39 is 6.04 Å². The van der Waals surface area contributed by atoms with Crippen molar-refractivity contribution in [1.29, 1.82) is 0 Å². The Hall–Kier alpha value is -2.45. The van der Waals surface area contributed by atoms with Gasteiger partial charge >= 0.3 is 0 Å². The Bertz CT molecular complexity index is 1040. The molecule has 0 aromatic heterocycles. The van der Waals surface area contributed by atoms with Gasteiger partial charge in [0.25, 0.3) is 5.91 Å². The summed E-state index contributed by atoms with van der Waals surface area (Å²) in [5, 5.41) is 10.1. The molecule has 3 N–H and O–H groups in total. The normalized spacial score (nSPS) is 28.3. The van der Waals surface area contributed by atoms with Crippen molar-refractivity contribution < 1.29 is 19.1 Å². The van der Waals surface area contributed by atoms with Crippen molar-refractivity contribution in [3.8, 4) is 0 Å². The van der Waals surface area contributed by atoms with Gasteiger partial charge in [-0.2, -0.15) is 0 Å². The van der Waals surface area contributed by atoms with Gasteiger partial charge in [0.05, 0.1) is 5.60 Å². The number of benzene rings is 1. The number of ether oxygens (including phenoxy) is 1. The summed E-state index contributed by atoms with van der Waals surface area (Å²) in [5.74, 6) is 0.119. The van der Waals surface area contributed by atoms with Crippen LogP contribution < -0.4 is 16.0 Å². The number of hydrogen-bond acceptors (Lipinski definition) is 6. The predicted molar refractivity (Wildman–Crippen MR) is 142 cm³/mol. The second kappa shape index (κ2) is 10.4. The van der Waals surface area contributed by atoms with E-state index in [0.29, 0.717) is 24.6 Å². The summed E-state index contributed by atoms with van der Waals surface area (Å²) < 4.78 is 5.59. The molecule has 1 saturated heterocycles. The van der Waals surface area contributed by atoms with Crippen molar-refractivity contribution in [2.75, 3.05) is 19.0 Å². The number of carbonyl (C=O) groups is 3. The number of fused-ring (bicyclic) bond motifs is 1. The van der Waals surface area contributed by atoms with Gasteiger partial charge in [-0.15, -0.1) is 0 Å². The smallest absolute Gasteiger partial charge is 0.255 e. The lowest BCUT2D eigenvalue weighted by atomic mass is 9.75. The topological polar surface area (TPSA) is 99.8 Å². The Morgan fingerprint density at radius 3 is 2.54 bits per heavy atom. The Balaban J connectivity index is 1.30. The van der Waals surface area contributed by atoms with Gasteiger partial charge in [0.15, 0.2) is 0 Å². The Morgan fingerprint density at radius 1 is 1.11 bits per heavy atom. The van der Waals surface area contributed by atoms with Gasteiger partial charge in [-0.25, -0.2) is 0 Å². The molecule has 4 aliphatic rings. The summed E-state index contributed by atoms with van der Waals surface area (Å²) >= 11 is 0. The molecule has 3 amide bonds. The molecule has 1 atom stereocenters. The molecule has 3 fully saturated rings. The fourth-order valence-electron chi connectivity index (χ4n) is 6.15. The molecule has 5 rings (SSSR count). The lowest BCUT2D eigenvalue weighted by Crippen LogP contribution is -2.52. The minimum absolute atomic E-state index is 0.0117. The molecule has 8 heteroatoms. The lowest BCUT2D eigenvalue weighted by molar-refractivity contribution is -0.136. The first kappa shape index (κ1) is 26.2. The van der Waals surface area contributed by atoms with Crippen molar-refractivity contribution in [2.45, 2.75) is 108 Å². The predicted octanol–water partition coefficient (Wildman–Crippen LogP) is 3.75. The highest BCUT2D eigenvalue weighted by molar-refractivity contribution is 6.06. The minimum Gasteiger partial charge on any atom is -0.379 e. The summed E-state index contributed by atoms with van der Waals surface area (Å²) in [7, 11) is 1.76. The highest BCUT2D eigenvalue weighted by Crippen LogP contribution is 2.43. The number of imide groups is 1. The Labute approximate surface area is 220 Å². The summed E-state index contributed by atoms with van der Waals surface area (Å²) in [4.78, 5) is 39.1. The van der Waals surface area contributed by atoms with Crippen molar-refractivity contribution in [1.82, 2.24) is 15.5 Å². The number of hydrogen-bond donors (Lipinski definition) is 3. The average molecular weight is 511 g/mol. The van der Waals surface area contributed by atoms with Gasteiger partial charge < -0.3 is 20.3 Å². The lowest BCUT2D eigenvalue weighted by Gasteiger charge is -2.43. The van der Waals surface area contributed by atoms with Crippen LogP contribution in [-0.4, -0.2) is 59.5 Å². The van der Waals surface area contributed by atoms with E-state index >= 15 is 0 Å². The van der Waals surface area contributed by atoms with E-state index in [1.54, 1.807) is 12.0 Å². The number of carbonyl (C=O) groups excluding carboxylic acids is 3. The molecule has 2 aliphatic heterocycles. The van der Waals surface area contributed by atoms with Crippen LogP contribution >= 0.6 is 0 Å². The van der Waals surface area contributed by atoms with Crippen LogP contribution in [0.1, 0.15) is 94.0 Å². The van der Waals surface area contributed by atoms with E-state index in [2.05, 4.69) is 35.9 Å². The molecular weight excluding hydrogens is 468 g/mol. The highest BCUT2D eigenvalue weighted by atomic mass is 16.5. The first-order valence-electron chi connectivity index (χ1n) is 14.0. The zero-order valence-corrected chi connectivity index (χ0v) is 22.5. The number of rotatable bonds is 10. The number of piperidine rings is 1. The van der Waals surface area contributed by atoms with Gasteiger partial charge in [0, 0.05) is 55.0 Å². The maximum atomic E-state index is 13.3. The van der Waals surface area contributed by atoms with Crippen LogP contribution in [0.25, 0.3) is 0 Å². The molecular formula is C29H42N4O4. The van der Waals surface area contributed by atoms with Crippen LogP contribution in [-0.2, 0) is 20.9 Å². The minimum atomic E-state index is -0.591. The molecule has 1 aromatic rings. The fraction of sp³-hybridized carbons (Fsp3) is 0.690. The van der Waals surface area contributed by atoms with Crippen molar-refractivity contribution >= 4 is 23.4 Å². The first-order chi connectivity index (χ1) is 17.7. The maximum Gasteiger partial charge on any atom is 0.255 e.